The number of thiophene rings is 1. The predicted octanol–water partition coefficient (Wildman–Crippen LogP) is 3.63. The highest BCUT2D eigenvalue weighted by Gasteiger charge is 2.17. The van der Waals surface area contributed by atoms with Gasteiger partial charge in [0, 0.05) is 4.88 Å². The molecule has 0 aliphatic heterocycles. The maximum Gasteiger partial charge on any atom is 0.230 e. The third-order valence-corrected chi connectivity index (χ3v) is 4.31. The van der Waals surface area contributed by atoms with Gasteiger partial charge in [-0.05, 0) is 30.2 Å². The van der Waals surface area contributed by atoms with Gasteiger partial charge in [0.25, 0.3) is 0 Å². The second-order valence-electron chi connectivity index (χ2n) is 4.36. The Hall–Kier alpha value is -1.26. The first-order chi connectivity index (χ1) is 9.20. The van der Waals surface area contributed by atoms with Crippen molar-refractivity contribution in [3.63, 3.8) is 0 Å². The molecule has 2 nitrogen and oxygen atoms in total. The highest BCUT2D eigenvalue weighted by molar-refractivity contribution is 7.99. The molecule has 0 fully saturated rings. The average Bonchev–Trinajstić information content (AvgIpc) is 2.91. The zero-order valence-electron chi connectivity index (χ0n) is 11.1. The third-order valence-electron chi connectivity index (χ3n) is 2.82. The van der Waals surface area contributed by atoms with Crippen LogP contribution in [0, 0.1) is 6.92 Å². The lowest BCUT2D eigenvalue weighted by molar-refractivity contribution is -0.119. The van der Waals surface area contributed by atoms with Crippen LogP contribution in [0.15, 0.2) is 41.8 Å². The summed E-state index contributed by atoms with van der Waals surface area (Å²) in [5, 5.41) is 5.15. The van der Waals surface area contributed by atoms with E-state index in [0.717, 1.165) is 5.56 Å². The number of aryl methyl sites for hydroxylation is 1. The standard InChI is InChI=1S/C15H17NOS2/c1-11-5-7-12(8-6-11)15(13-4-3-9-19-13)16-14(17)10-18-2/h3-9,15H,10H2,1-2H3,(H,16,17). The summed E-state index contributed by atoms with van der Waals surface area (Å²) in [6, 6.07) is 12.4. The highest BCUT2D eigenvalue weighted by Crippen LogP contribution is 2.26. The molecule has 100 valence electrons. The smallest absolute Gasteiger partial charge is 0.230 e. The minimum Gasteiger partial charge on any atom is -0.344 e. The van der Waals surface area contributed by atoms with E-state index in [4.69, 9.17) is 0 Å². The summed E-state index contributed by atoms with van der Waals surface area (Å²) in [6.45, 7) is 2.07. The Bertz CT molecular complexity index is 520. The summed E-state index contributed by atoms with van der Waals surface area (Å²) in [5.74, 6) is 0.569. The van der Waals surface area contributed by atoms with Gasteiger partial charge in [0.2, 0.25) is 5.91 Å². The Morgan fingerprint density at radius 1 is 1.32 bits per heavy atom. The summed E-state index contributed by atoms with van der Waals surface area (Å²) in [5.41, 5.74) is 2.35. The zero-order chi connectivity index (χ0) is 13.7. The highest BCUT2D eigenvalue weighted by atomic mass is 32.2. The molecule has 19 heavy (non-hydrogen) atoms. The van der Waals surface area contributed by atoms with Gasteiger partial charge in [0.1, 0.15) is 0 Å². The van der Waals surface area contributed by atoms with Crippen molar-refractivity contribution in [1.82, 2.24) is 5.32 Å². The molecular weight excluding hydrogens is 274 g/mol. The van der Waals surface area contributed by atoms with Crippen LogP contribution in [0.5, 0.6) is 0 Å². The second-order valence-corrected chi connectivity index (χ2v) is 6.20. The summed E-state index contributed by atoms with van der Waals surface area (Å²) >= 11 is 3.21. The van der Waals surface area contributed by atoms with Crippen molar-refractivity contribution < 1.29 is 4.79 Å². The number of thioether (sulfide) groups is 1. The van der Waals surface area contributed by atoms with Crippen molar-refractivity contribution in [3.8, 4) is 0 Å². The van der Waals surface area contributed by atoms with E-state index in [-0.39, 0.29) is 11.9 Å². The maximum absolute atomic E-state index is 11.9. The minimum atomic E-state index is -0.0414. The number of hydrogen-bond acceptors (Lipinski definition) is 3. The number of hydrogen-bond donors (Lipinski definition) is 1. The second kappa shape index (κ2) is 6.78. The lowest BCUT2D eigenvalue weighted by Crippen LogP contribution is -2.30. The molecule has 1 unspecified atom stereocenters. The lowest BCUT2D eigenvalue weighted by Gasteiger charge is -2.18. The van der Waals surface area contributed by atoms with Crippen molar-refractivity contribution in [2.24, 2.45) is 0 Å². The van der Waals surface area contributed by atoms with Gasteiger partial charge in [-0.3, -0.25) is 4.79 Å². The van der Waals surface area contributed by atoms with Gasteiger partial charge in [0.15, 0.2) is 0 Å². The molecule has 1 aromatic heterocycles. The van der Waals surface area contributed by atoms with Gasteiger partial charge in [-0.1, -0.05) is 35.9 Å². The minimum absolute atomic E-state index is 0.0414. The van der Waals surface area contributed by atoms with Gasteiger partial charge in [0.05, 0.1) is 11.8 Å². The molecule has 0 spiro atoms. The zero-order valence-corrected chi connectivity index (χ0v) is 12.7. The topological polar surface area (TPSA) is 29.1 Å². The molecule has 1 atom stereocenters. The molecule has 0 bridgehead atoms. The molecule has 2 rings (SSSR count). The number of rotatable bonds is 5. The Balaban J connectivity index is 2.24. The first-order valence-corrected chi connectivity index (χ1v) is 8.36. The molecule has 0 radical (unpaired) electrons. The molecule has 2 aromatic rings. The molecule has 1 amide bonds. The van der Waals surface area contributed by atoms with Crippen LogP contribution >= 0.6 is 23.1 Å². The SMILES string of the molecule is CSCC(=O)NC(c1ccc(C)cc1)c1cccs1. The summed E-state index contributed by atoms with van der Waals surface area (Å²) < 4.78 is 0. The monoisotopic (exact) mass is 291 g/mol. The molecule has 0 saturated carbocycles. The Morgan fingerprint density at radius 3 is 2.63 bits per heavy atom. The van der Waals surface area contributed by atoms with Gasteiger partial charge in [-0.25, -0.2) is 0 Å². The fourth-order valence-electron chi connectivity index (χ4n) is 1.87. The van der Waals surface area contributed by atoms with E-state index < -0.39 is 0 Å². The first-order valence-electron chi connectivity index (χ1n) is 6.09. The fourth-order valence-corrected chi connectivity index (χ4v) is 3.01. The van der Waals surface area contributed by atoms with Crippen LogP contribution in [0.25, 0.3) is 0 Å². The maximum atomic E-state index is 11.9. The van der Waals surface area contributed by atoms with Gasteiger partial charge < -0.3 is 5.32 Å². The van der Waals surface area contributed by atoms with Gasteiger partial charge >= 0.3 is 0 Å². The van der Waals surface area contributed by atoms with E-state index in [9.17, 15) is 4.79 Å². The largest absolute Gasteiger partial charge is 0.344 e. The van der Waals surface area contributed by atoms with Gasteiger partial charge in [-0.15, -0.1) is 11.3 Å². The summed E-state index contributed by atoms with van der Waals surface area (Å²) in [7, 11) is 0. The molecule has 1 aromatic carbocycles. The van der Waals surface area contributed by atoms with E-state index in [2.05, 4.69) is 42.6 Å². The third kappa shape index (κ3) is 3.85. The van der Waals surface area contributed by atoms with Crippen LogP contribution in [0.1, 0.15) is 22.0 Å². The summed E-state index contributed by atoms with van der Waals surface area (Å²) in [6.07, 6.45) is 1.94. The predicted molar refractivity (Wildman–Crippen MR) is 83.9 cm³/mol. The number of carbonyl (C=O) groups is 1. The van der Waals surface area contributed by atoms with E-state index in [1.165, 1.54) is 22.2 Å². The van der Waals surface area contributed by atoms with Crippen molar-refractivity contribution in [3.05, 3.63) is 57.8 Å². The quantitative estimate of drug-likeness (QED) is 0.911. The van der Waals surface area contributed by atoms with Crippen molar-refractivity contribution in [2.45, 2.75) is 13.0 Å². The Kier molecular flexibility index (Phi) is 5.05. The molecule has 0 aliphatic carbocycles. The van der Waals surface area contributed by atoms with Crippen LogP contribution < -0.4 is 5.32 Å². The first kappa shape index (κ1) is 14.2. The van der Waals surface area contributed by atoms with Crippen molar-refractivity contribution in [2.75, 3.05) is 12.0 Å². The fraction of sp³-hybridized carbons (Fsp3) is 0.267. The van der Waals surface area contributed by atoms with Crippen LogP contribution in [-0.4, -0.2) is 17.9 Å². The van der Waals surface area contributed by atoms with E-state index in [1.54, 1.807) is 11.3 Å². The lowest BCUT2D eigenvalue weighted by atomic mass is 10.0. The molecule has 1 N–H and O–H groups in total. The summed E-state index contributed by atoms with van der Waals surface area (Å²) in [4.78, 5) is 13.0. The van der Waals surface area contributed by atoms with Crippen LogP contribution in [0.2, 0.25) is 0 Å². The number of amides is 1. The van der Waals surface area contributed by atoms with E-state index in [1.807, 2.05) is 17.7 Å². The number of nitrogens with one attached hydrogen (secondary N) is 1. The molecule has 0 aliphatic rings. The van der Waals surface area contributed by atoms with Crippen molar-refractivity contribution >= 4 is 29.0 Å². The van der Waals surface area contributed by atoms with Crippen LogP contribution in [0.3, 0.4) is 0 Å². The molecule has 4 heteroatoms. The van der Waals surface area contributed by atoms with Gasteiger partial charge in [-0.2, -0.15) is 11.8 Å². The normalized spacial score (nSPS) is 12.1. The molecule has 0 saturated heterocycles. The Morgan fingerprint density at radius 2 is 2.05 bits per heavy atom. The van der Waals surface area contributed by atoms with Crippen LogP contribution in [0.4, 0.5) is 0 Å². The van der Waals surface area contributed by atoms with Crippen LogP contribution in [-0.2, 0) is 4.79 Å². The van der Waals surface area contributed by atoms with E-state index in [0.29, 0.717) is 5.75 Å². The van der Waals surface area contributed by atoms with E-state index >= 15 is 0 Å². The Labute approximate surface area is 122 Å². The number of carbonyl (C=O) groups excluding carboxylic acids is 1. The average molecular weight is 291 g/mol. The molecular formula is C15H17NOS2. The van der Waals surface area contributed by atoms with Crippen molar-refractivity contribution in [1.29, 1.82) is 0 Å². The number of benzene rings is 1. The molecule has 1 heterocycles.